The molecular formula is C31H29F2N5O6. The van der Waals surface area contributed by atoms with Gasteiger partial charge in [0.2, 0.25) is 5.71 Å². The highest BCUT2D eigenvalue weighted by atomic mass is 19.1. The van der Waals surface area contributed by atoms with E-state index in [0.717, 1.165) is 21.3 Å². The summed E-state index contributed by atoms with van der Waals surface area (Å²) in [6.07, 6.45) is 0. The third kappa shape index (κ3) is 5.82. The smallest absolute Gasteiger partial charge is 0.343 e. The molecule has 228 valence electrons. The number of carbonyl (C=O) groups is 1. The zero-order valence-corrected chi connectivity index (χ0v) is 24.3. The summed E-state index contributed by atoms with van der Waals surface area (Å²) in [5.74, 6) is -0.928. The van der Waals surface area contributed by atoms with Gasteiger partial charge in [-0.1, -0.05) is 6.07 Å². The molecule has 0 atom stereocenters. The molecule has 0 saturated heterocycles. The fourth-order valence-corrected chi connectivity index (χ4v) is 4.86. The monoisotopic (exact) mass is 605 g/mol. The highest BCUT2D eigenvalue weighted by molar-refractivity contribution is 5.89. The minimum absolute atomic E-state index is 0.0718. The van der Waals surface area contributed by atoms with E-state index in [1.165, 1.54) is 20.3 Å². The fourth-order valence-electron chi connectivity index (χ4n) is 4.86. The lowest BCUT2D eigenvalue weighted by Crippen LogP contribution is -2.39. The molecule has 0 spiro atoms. The second-order valence-corrected chi connectivity index (χ2v) is 10.1. The van der Waals surface area contributed by atoms with Gasteiger partial charge in [0.15, 0.2) is 0 Å². The van der Waals surface area contributed by atoms with Crippen LogP contribution in [0.4, 0.5) is 19.3 Å². The van der Waals surface area contributed by atoms with Crippen LogP contribution in [0.1, 0.15) is 11.1 Å². The summed E-state index contributed by atoms with van der Waals surface area (Å²) in [7, 11) is 6.40. The van der Waals surface area contributed by atoms with E-state index in [-0.39, 0.29) is 34.7 Å². The highest BCUT2D eigenvalue weighted by Gasteiger charge is 2.27. The maximum atomic E-state index is 14.8. The predicted molar refractivity (Wildman–Crippen MR) is 160 cm³/mol. The number of nitrogens with one attached hydrogen (secondary N) is 2. The number of halogens is 2. The standard InChI is InChI=1S/C31H29F2N5O6/c1-36(2)16-23-26-28(39)38(20-12-14-21(42-3)15-13-20)31(41)37(17-22-24(32)6-5-7-25(22)33)29(26)44-27(23)18-8-10-19(11-9-18)34-30(40)35-43-4/h5-15H,16-17H2,1-4H3,(H2,34,35,40). The number of furan rings is 1. The number of anilines is 1. The molecule has 2 heterocycles. The Bertz CT molecular complexity index is 1930. The number of methoxy groups -OCH3 is 1. The van der Waals surface area contributed by atoms with Crippen molar-refractivity contribution in [1.29, 1.82) is 0 Å². The first-order valence-corrected chi connectivity index (χ1v) is 13.4. The average Bonchev–Trinajstić information content (AvgIpc) is 3.36. The largest absolute Gasteiger partial charge is 0.497 e. The van der Waals surface area contributed by atoms with Gasteiger partial charge in [0.25, 0.3) is 5.56 Å². The summed E-state index contributed by atoms with van der Waals surface area (Å²) in [4.78, 5) is 46.4. The Morgan fingerprint density at radius 2 is 1.59 bits per heavy atom. The highest BCUT2D eigenvalue weighted by Crippen LogP contribution is 2.34. The van der Waals surface area contributed by atoms with Crippen molar-refractivity contribution in [3.05, 3.63) is 110 Å². The Labute approximate surface area is 249 Å². The maximum absolute atomic E-state index is 14.8. The van der Waals surface area contributed by atoms with E-state index in [4.69, 9.17) is 9.15 Å². The third-order valence-electron chi connectivity index (χ3n) is 6.86. The van der Waals surface area contributed by atoms with Gasteiger partial charge in [-0.25, -0.2) is 28.4 Å². The number of hydrogen-bond acceptors (Lipinski definition) is 7. The maximum Gasteiger partial charge on any atom is 0.343 e. The third-order valence-corrected chi connectivity index (χ3v) is 6.86. The van der Waals surface area contributed by atoms with Crippen molar-refractivity contribution in [1.82, 2.24) is 19.5 Å². The molecule has 0 aliphatic heterocycles. The van der Waals surface area contributed by atoms with Crippen molar-refractivity contribution in [2.75, 3.05) is 33.6 Å². The number of urea groups is 1. The number of fused-ring (bicyclic) bond motifs is 1. The molecule has 5 aromatic rings. The molecule has 3 aromatic carbocycles. The van der Waals surface area contributed by atoms with Crippen LogP contribution >= 0.6 is 0 Å². The second kappa shape index (κ2) is 12.5. The summed E-state index contributed by atoms with van der Waals surface area (Å²) in [6.45, 7) is -0.321. The lowest BCUT2D eigenvalue weighted by atomic mass is 10.1. The second-order valence-electron chi connectivity index (χ2n) is 10.1. The molecule has 0 aliphatic rings. The molecule has 13 heteroatoms. The van der Waals surface area contributed by atoms with E-state index >= 15 is 0 Å². The summed E-state index contributed by atoms with van der Waals surface area (Å²) in [5.41, 5.74) is 1.80. The molecule has 2 N–H and O–H groups in total. The average molecular weight is 606 g/mol. The first kappa shape index (κ1) is 30.2. The Morgan fingerprint density at radius 1 is 0.932 bits per heavy atom. The summed E-state index contributed by atoms with van der Waals surface area (Å²) in [5, 5.41) is 2.67. The van der Waals surface area contributed by atoms with Crippen molar-refractivity contribution in [3.8, 4) is 22.8 Å². The van der Waals surface area contributed by atoms with Gasteiger partial charge in [0.1, 0.15) is 28.5 Å². The molecule has 2 amide bonds. The van der Waals surface area contributed by atoms with Crippen LogP contribution in [0, 0.1) is 11.6 Å². The number of benzene rings is 3. The number of aromatic nitrogens is 2. The quantitative estimate of drug-likeness (QED) is 0.238. The van der Waals surface area contributed by atoms with Gasteiger partial charge in [-0.3, -0.25) is 14.2 Å². The Balaban J connectivity index is 1.79. The summed E-state index contributed by atoms with van der Waals surface area (Å²) >= 11 is 0. The first-order chi connectivity index (χ1) is 21.1. The van der Waals surface area contributed by atoms with E-state index < -0.39 is 35.5 Å². The van der Waals surface area contributed by atoms with Crippen LogP contribution in [0.2, 0.25) is 0 Å². The predicted octanol–water partition coefficient (Wildman–Crippen LogP) is 4.49. The van der Waals surface area contributed by atoms with Crippen LogP contribution in [-0.2, 0) is 17.9 Å². The number of nitrogens with zero attached hydrogens (tertiary/aromatic N) is 3. The van der Waals surface area contributed by atoms with Crippen molar-refractivity contribution in [2.45, 2.75) is 13.1 Å². The van der Waals surface area contributed by atoms with Crippen LogP contribution in [0.5, 0.6) is 5.75 Å². The van der Waals surface area contributed by atoms with Crippen LogP contribution < -0.4 is 26.8 Å². The van der Waals surface area contributed by atoms with Gasteiger partial charge in [-0.2, -0.15) is 0 Å². The molecular weight excluding hydrogens is 576 g/mol. The van der Waals surface area contributed by atoms with Crippen molar-refractivity contribution in [2.24, 2.45) is 0 Å². The minimum Gasteiger partial charge on any atom is -0.497 e. The van der Waals surface area contributed by atoms with E-state index in [1.54, 1.807) is 62.6 Å². The molecule has 2 aromatic heterocycles. The van der Waals surface area contributed by atoms with Gasteiger partial charge < -0.3 is 19.4 Å². The SMILES string of the molecule is CONC(=O)Nc1ccc(-c2oc3c(c2CN(C)C)c(=O)n(-c2ccc(OC)cc2)c(=O)n3Cc2c(F)cccc2F)cc1. The summed E-state index contributed by atoms with van der Waals surface area (Å²) < 4.78 is 43.1. The lowest BCUT2D eigenvalue weighted by molar-refractivity contribution is 0.114. The molecule has 44 heavy (non-hydrogen) atoms. The van der Waals surface area contributed by atoms with E-state index in [0.29, 0.717) is 22.6 Å². The molecule has 0 unspecified atom stereocenters. The minimum atomic E-state index is -0.854. The Morgan fingerprint density at radius 3 is 2.18 bits per heavy atom. The first-order valence-electron chi connectivity index (χ1n) is 13.4. The van der Waals surface area contributed by atoms with Gasteiger partial charge in [0, 0.05) is 28.9 Å². The number of hydroxylamine groups is 1. The van der Waals surface area contributed by atoms with Gasteiger partial charge in [0.05, 0.1) is 26.5 Å². The summed E-state index contributed by atoms with van der Waals surface area (Å²) in [6, 6.07) is 15.7. The lowest BCUT2D eigenvalue weighted by Gasteiger charge is -2.14. The molecule has 11 nitrogen and oxygen atoms in total. The number of amides is 2. The number of ether oxygens (including phenoxy) is 1. The molecule has 0 aliphatic carbocycles. The molecule has 0 radical (unpaired) electrons. The van der Waals surface area contributed by atoms with Gasteiger partial charge in [-0.05, 0) is 74.8 Å². The zero-order valence-electron chi connectivity index (χ0n) is 24.3. The molecule has 0 fully saturated rings. The number of rotatable bonds is 9. The van der Waals surface area contributed by atoms with E-state index in [9.17, 15) is 23.2 Å². The molecule has 0 saturated carbocycles. The molecule has 0 bridgehead atoms. The topological polar surface area (TPSA) is 120 Å². The fraction of sp³-hybridized carbons (Fsp3) is 0.194. The normalized spacial score (nSPS) is 11.2. The number of hydrogen-bond donors (Lipinski definition) is 2. The van der Waals surface area contributed by atoms with Gasteiger partial charge >= 0.3 is 11.7 Å². The Hall–Kier alpha value is -5.27. The van der Waals surface area contributed by atoms with E-state index in [2.05, 4.69) is 15.6 Å². The Kier molecular flexibility index (Phi) is 8.60. The van der Waals surface area contributed by atoms with Gasteiger partial charge in [-0.15, -0.1) is 0 Å². The van der Waals surface area contributed by atoms with Crippen molar-refractivity contribution >= 4 is 22.8 Å². The van der Waals surface area contributed by atoms with Crippen molar-refractivity contribution < 1.29 is 27.6 Å². The van der Waals surface area contributed by atoms with Crippen LogP contribution in [0.25, 0.3) is 28.1 Å². The van der Waals surface area contributed by atoms with Crippen LogP contribution in [0.3, 0.4) is 0 Å². The van der Waals surface area contributed by atoms with Crippen molar-refractivity contribution in [3.63, 3.8) is 0 Å². The van der Waals surface area contributed by atoms with Crippen LogP contribution in [0.15, 0.2) is 80.7 Å². The zero-order chi connectivity index (χ0) is 31.5. The van der Waals surface area contributed by atoms with Crippen LogP contribution in [-0.4, -0.2) is 48.4 Å². The molecule has 5 rings (SSSR count). The van der Waals surface area contributed by atoms with E-state index in [1.807, 2.05) is 4.90 Å². The number of carbonyl (C=O) groups excluding carboxylic acids is 1.